The number of hydrogen-bond acceptors (Lipinski definition) is 3. The van der Waals surface area contributed by atoms with Crippen LogP contribution in [0.25, 0.3) is 0 Å². The zero-order valence-electron chi connectivity index (χ0n) is 11.7. The highest BCUT2D eigenvalue weighted by atomic mass is 16.5. The van der Waals surface area contributed by atoms with Crippen molar-refractivity contribution in [1.29, 1.82) is 0 Å². The number of anilines is 1. The van der Waals surface area contributed by atoms with Gasteiger partial charge in [0.2, 0.25) is 0 Å². The van der Waals surface area contributed by atoms with Crippen molar-refractivity contribution >= 4 is 17.6 Å². The number of hydrogen-bond donors (Lipinski definition) is 2. The smallest absolute Gasteiger partial charge is 0.335 e. The van der Waals surface area contributed by atoms with Crippen LogP contribution in [0.5, 0.6) is 5.75 Å². The molecule has 0 saturated heterocycles. The summed E-state index contributed by atoms with van der Waals surface area (Å²) >= 11 is 0. The van der Waals surface area contributed by atoms with E-state index in [1.165, 1.54) is 19.2 Å². The number of nitrogens with one attached hydrogen (secondary N) is 1. The van der Waals surface area contributed by atoms with E-state index >= 15 is 0 Å². The maximum Gasteiger partial charge on any atom is 0.335 e. The summed E-state index contributed by atoms with van der Waals surface area (Å²) in [5.74, 6) is -0.928. The second-order valence-corrected chi connectivity index (χ2v) is 4.49. The fourth-order valence-electron chi connectivity index (χ4n) is 1.91. The van der Waals surface area contributed by atoms with E-state index in [0.29, 0.717) is 17.0 Å². The average molecular weight is 285 g/mol. The molecule has 5 nitrogen and oxygen atoms in total. The van der Waals surface area contributed by atoms with Gasteiger partial charge >= 0.3 is 5.97 Å². The van der Waals surface area contributed by atoms with Crippen molar-refractivity contribution < 1.29 is 19.4 Å². The van der Waals surface area contributed by atoms with E-state index in [9.17, 15) is 9.59 Å². The molecule has 0 aliphatic heterocycles. The monoisotopic (exact) mass is 285 g/mol. The molecule has 0 radical (unpaired) electrons. The predicted molar refractivity (Wildman–Crippen MR) is 79.1 cm³/mol. The first kappa shape index (κ1) is 14.6. The Labute approximate surface area is 122 Å². The standard InChI is InChI=1S/C16H15NO4/c1-10-7-8-11(16(19)20)9-13(10)17-15(18)12-5-3-4-6-14(12)21-2/h3-9H,1-2H3,(H,17,18)(H,19,20). The lowest BCUT2D eigenvalue weighted by molar-refractivity contribution is 0.0696. The number of rotatable bonds is 4. The van der Waals surface area contributed by atoms with Crippen molar-refractivity contribution in [2.45, 2.75) is 6.92 Å². The number of benzene rings is 2. The number of aromatic carboxylic acids is 1. The summed E-state index contributed by atoms with van der Waals surface area (Å²) < 4.78 is 5.14. The first-order valence-corrected chi connectivity index (χ1v) is 6.31. The zero-order valence-corrected chi connectivity index (χ0v) is 11.7. The van der Waals surface area contributed by atoms with Crippen LogP contribution in [0.4, 0.5) is 5.69 Å². The van der Waals surface area contributed by atoms with Gasteiger partial charge in [0.15, 0.2) is 0 Å². The van der Waals surface area contributed by atoms with Crippen LogP contribution in [0, 0.1) is 6.92 Å². The quantitative estimate of drug-likeness (QED) is 0.905. The number of amides is 1. The number of methoxy groups -OCH3 is 1. The van der Waals surface area contributed by atoms with Crippen molar-refractivity contribution in [2.24, 2.45) is 0 Å². The molecule has 0 atom stereocenters. The summed E-state index contributed by atoms with van der Waals surface area (Å²) in [5, 5.41) is 11.7. The summed E-state index contributed by atoms with van der Waals surface area (Å²) in [6.45, 7) is 1.80. The van der Waals surface area contributed by atoms with Gasteiger partial charge in [0.1, 0.15) is 5.75 Å². The van der Waals surface area contributed by atoms with E-state index in [2.05, 4.69) is 5.32 Å². The molecule has 0 aliphatic rings. The Kier molecular flexibility index (Phi) is 4.23. The second-order valence-electron chi connectivity index (χ2n) is 4.49. The van der Waals surface area contributed by atoms with E-state index in [4.69, 9.17) is 9.84 Å². The number of carbonyl (C=O) groups is 2. The molecule has 5 heteroatoms. The number of carboxylic acids is 1. The lowest BCUT2D eigenvalue weighted by atomic mass is 10.1. The Balaban J connectivity index is 2.31. The van der Waals surface area contributed by atoms with Gasteiger partial charge in [-0.2, -0.15) is 0 Å². The predicted octanol–water partition coefficient (Wildman–Crippen LogP) is 2.95. The van der Waals surface area contributed by atoms with E-state index in [0.717, 1.165) is 5.56 Å². The van der Waals surface area contributed by atoms with Gasteiger partial charge < -0.3 is 15.2 Å². The number of aryl methyl sites for hydroxylation is 1. The van der Waals surface area contributed by atoms with Crippen LogP contribution in [0.3, 0.4) is 0 Å². The molecular weight excluding hydrogens is 270 g/mol. The molecule has 0 spiro atoms. The van der Waals surface area contributed by atoms with Crippen molar-refractivity contribution in [2.75, 3.05) is 12.4 Å². The van der Waals surface area contributed by atoms with Gasteiger partial charge in [-0.3, -0.25) is 4.79 Å². The molecule has 1 amide bonds. The SMILES string of the molecule is COc1ccccc1C(=O)Nc1cc(C(=O)O)ccc1C. The summed E-state index contributed by atoms with van der Waals surface area (Å²) in [6.07, 6.45) is 0. The first-order valence-electron chi connectivity index (χ1n) is 6.31. The maximum absolute atomic E-state index is 12.3. The van der Waals surface area contributed by atoms with E-state index in [1.807, 2.05) is 0 Å². The summed E-state index contributed by atoms with van der Waals surface area (Å²) in [6, 6.07) is 11.4. The molecule has 0 fully saturated rings. The Bertz CT molecular complexity index is 694. The maximum atomic E-state index is 12.3. The van der Waals surface area contributed by atoms with Crippen LogP contribution in [-0.2, 0) is 0 Å². The molecule has 0 bridgehead atoms. The topological polar surface area (TPSA) is 75.6 Å². The van der Waals surface area contributed by atoms with Crippen LogP contribution < -0.4 is 10.1 Å². The van der Waals surface area contributed by atoms with Crippen molar-refractivity contribution in [1.82, 2.24) is 0 Å². The fourth-order valence-corrected chi connectivity index (χ4v) is 1.91. The number of carbonyl (C=O) groups excluding carboxylic acids is 1. The van der Waals surface area contributed by atoms with Gasteiger partial charge in [0, 0.05) is 5.69 Å². The number of carboxylic acid groups (broad SMARTS) is 1. The highest BCUT2D eigenvalue weighted by Gasteiger charge is 2.14. The molecule has 0 unspecified atom stereocenters. The van der Waals surface area contributed by atoms with Gasteiger partial charge in [0.25, 0.3) is 5.91 Å². The summed E-state index contributed by atoms with van der Waals surface area (Å²) in [5.41, 5.74) is 1.75. The minimum Gasteiger partial charge on any atom is -0.496 e. The van der Waals surface area contributed by atoms with Crippen LogP contribution in [0.1, 0.15) is 26.3 Å². The summed E-state index contributed by atoms with van der Waals surface area (Å²) in [4.78, 5) is 23.3. The van der Waals surface area contributed by atoms with Gasteiger partial charge in [-0.15, -0.1) is 0 Å². The molecule has 108 valence electrons. The summed E-state index contributed by atoms with van der Waals surface area (Å²) in [7, 11) is 1.49. The van der Waals surface area contributed by atoms with Crippen LogP contribution in [-0.4, -0.2) is 24.1 Å². The van der Waals surface area contributed by atoms with Gasteiger partial charge in [0.05, 0.1) is 18.2 Å². The molecule has 2 aromatic carbocycles. The molecule has 0 aromatic heterocycles. The van der Waals surface area contributed by atoms with Crippen molar-refractivity contribution in [3.8, 4) is 5.75 Å². The second kappa shape index (κ2) is 6.09. The van der Waals surface area contributed by atoms with E-state index < -0.39 is 5.97 Å². The molecule has 2 rings (SSSR count). The van der Waals surface area contributed by atoms with E-state index in [1.54, 1.807) is 37.3 Å². The Morgan fingerprint density at radius 3 is 2.52 bits per heavy atom. The third-order valence-corrected chi connectivity index (χ3v) is 3.08. The normalized spacial score (nSPS) is 10.0. The Morgan fingerprint density at radius 1 is 1.14 bits per heavy atom. The molecular formula is C16H15NO4. The molecule has 21 heavy (non-hydrogen) atoms. The first-order chi connectivity index (χ1) is 10.0. The third kappa shape index (κ3) is 3.20. The van der Waals surface area contributed by atoms with Crippen molar-refractivity contribution in [3.63, 3.8) is 0 Å². The minimum absolute atomic E-state index is 0.121. The van der Waals surface area contributed by atoms with Crippen LogP contribution in [0.2, 0.25) is 0 Å². The highest BCUT2D eigenvalue weighted by molar-refractivity contribution is 6.07. The zero-order chi connectivity index (χ0) is 15.4. The van der Waals surface area contributed by atoms with Crippen LogP contribution >= 0.6 is 0 Å². The molecule has 2 N–H and O–H groups in total. The average Bonchev–Trinajstić information content (AvgIpc) is 2.49. The lowest BCUT2D eigenvalue weighted by Gasteiger charge is -2.11. The molecule has 0 heterocycles. The lowest BCUT2D eigenvalue weighted by Crippen LogP contribution is -2.14. The number of ether oxygens (including phenoxy) is 1. The third-order valence-electron chi connectivity index (χ3n) is 3.08. The molecule has 0 saturated carbocycles. The van der Waals surface area contributed by atoms with Crippen molar-refractivity contribution in [3.05, 3.63) is 59.2 Å². The molecule has 0 aliphatic carbocycles. The Hall–Kier alpha value is -2.82. The van der Waals surface area contributed by atoms with Gasteiger partial charge in [-0.05, 0) is 36.8 Å². The minimum atomic E-state index is -1.04. The van der Waals surface area contributed by atoms with Gasteiger partial charge in [-0.25, -0.2) is 4.79 Å². The fraction of sp³-hybridized carbons (Fsp3) is 0.125. The van der Waals surface area contributed by atoms with E-state index in [-0.39, 0.29) is 11.5 Å². The van der Waals surface area contributed by atoms with Crippen LogP contribution in [0.15, 0.2) is 42.5 Å². The highest BCUT2D eigenvalue weighted by Crippen LogP contribution is 2.21. The largest absolute Gasteiger partial charge is 0.496 e. The van der Waals surface area contributed by atoms with Gasteiger partial charge in [-0.1, -0.05) is 18.2 Å². The number of para-hydroxylation sites is 1. The Morgan fingerprint density at radius 2 is 1.86 bits per heavy atom. The molecule has 2 aromatic rings.